The topological polar surface area (TPSA) is 37.3 Å². The van der Waals surface area contributed by atoms with E-state index >= 15 is 0 Å². The average Bonchev–Trinajstić information content (AvgIpc) is 2.13. The Morgan fingerprint density at radius 2 is 1.77 bits per heavy atom. The fourth-order valence-corrected chi connectivity index (χ4v) is 1.25. The number of carbonyl (C=O) groups is 1. The van der Waals surface area contributed by atoms with Gasteiger partial charge in [-0.3, -0.25) is 4.79 Å². The van der Waals surface area contributed by atoms with Gasteiger partial charge in [0.05, 0.1) is 5.60 Å². The highest BCUT2D eigenvalue weighted by Gasteiger charge is 2.23. The highest BCUT2D eigenvalue weighted by atomic mass is 16.3. The van der Waals surface area contributed by atoms with Crippen LogP contribution < -0.4 is 0 Å². The fourth-order valence-electron chi connectivity index (χ4n) is 1.25. The molecule has 0 aromatic carbocycles. The van der Waals surface area contributed by atoms with Crippen LogP contribution in [0.5, 0.6) is 0 Å². The molecule has 78 valence electrons. The highest BCUT2D eigenvalue weighted by Crippen LogP contribution is 2.21. The Kier molecular flexibility index (Phi) is 5.23. The van der Waals surface area contributed by atoms with Crippen molar-refractivity contribution in [2.45, 2.75) is 59.0 Å². The van der Waals surface area contributed by atoms with Crippen LogP contribution in [0.1, 0.15) is 53.4 Å². The third kappa shape index (κ3) is 4.41. The molecule has 0 saturated carbocycles. The monoisotopic (exact) mass is 186 g/mol. The van der Waals surface area contributed by atoms with E-state index in [1.54, 1.807) is 0 Å². The van der Waals surface area contributed by atoms with Gasteiger partial charge in [0, 0.05) is 12.3 Å². The van der Waals surface area contributed by atoms with Crippen LogP contribution in [0.25, 0.3) is 0 Å². The molecule has 0 unspecified atom stereocenters. The van der Waals surface area contributed by atoms with E-state index in [2.05, 4.69) is 0 Å². The van der Waals surface area contributed by atoms with E-state index in [0.717, 1.165) is 12.8 Å². The predicted molar refractivity (Wildman–Crippen MR) is 54.6 cm³/mol. The molecule has 0 saturated heterocycles. The minimum atomic E-state index is -0.620. The molecule has 0 rings (SSSR count). The summed E-state index contributed by atoms with van der Waals surface area (Å²) in [6.07, 6.45) is 2.58. The molecule has 0 aliphatic rings. The van der Waals surface area contributed by atoms with Gasteiger partial charge in [0.25, 0.3) is 0 Å². The number of ketones is 1. The van der Waals surface area contributed by atoms with Gasteiger partial charge in [0.2, 0.25) is 0 Å². The molecule has 1 N–H and O–H groups in total. The minimum Gasteiger partial charge on any atom is -0.390 e. The Bertz CT molecular complexity index is 157. The molecule has 0 aliphatic heterocycles. The maximum Gasteiger partial charge on any atom is 0.135 e. The zero-order chi connectivity index (χ0) is 10.5. The molecular weight excluding hydrogens is 164 g/mol. The Hall–Kier alpha value is -0.370. The summed E-state index contributed by atoms with van der Waals surface area (Å²) in [5.74, 6) is 0.346. The van der Waals surface area contributed by atoms with E-state index in [4.69, 9.17) is 0 Å². The second-order valence-corrected chi connectivity index (χ2v) is 4.05. The first kappa shape index (κ1) is 12.6. The normalized spacial score (nSPS) is 12.2. The van der Waals surface area contributed by atoms with Gasteiger partial charge in [0.1, 0.15) is 5.78 Å². The Morgan fingerprint density at radius 3 is 2.08 bits per heavy atom. The van der Waals surface area contributed by atoms with Gasteiger partial charge in [-0.05, 0) is 19.3 Å². The van der Waals surface area contributed by atoms with Crippen LogP contribution in [-0.2, 0) is 4.79 Å². The SMILES string of the molecule is CCC(O)(CC)CCC(=O)C(C)C. The maximum atomic E-state index is 11.3. The van der Waals surface area contributed by atoms with Crippen LogP contribution in [0.4, 0.5) is 0 Å². The summed E-state index contributed by atoms with van der Waals surface area (Å²) in [6.45, 7) is 7.73. The van der Waals surface area contributed by atoms with Crippen molar-refractivity contribution in [3.63, 3.8) is 0 Å². The van der Waals surface area contributed by atoms with E-state index in [-0.39, 0.29) is 11.7 Å². The van der Waals surface area contributed by atoms with E-state index < -0.39 is 5.60 Å². The molecule has 0 heterocycles. The third-order valence-electron chi connectivity index (χ3n) is 2.80. The molecule has 0 amide bonds. The average molecular weight is 186 g/mol. The summed E-state index contributed by atoms with van der Waals surface area (Å²) >= 11 is 0. The lowest BCUT2D eigenvalue weighted by molar-refractivity contribution is -0.123. The molecule has 2 nitrogen and oxygen atoms in total. The standard InChI is InChI=1S/C11H22O2/c1-5-11(13,6-2)8-7-10(12)9(3)4/h9,13H,5-8H2,1-4H3. The smallest absolute Gasteiger partial charge is 0.135 e. The van der Waals surface area contributed by atoms with Crippen molar-refractivity contribution in [1.82, 2.24) is 0 Å². The van der Waals surface area contributed by atoms with Crippen molar-refractivity contribution < 1.29 is 9.90 Å². The summed E-state index contributed by atoms with van der Waals surface area (Å²) in [6, 6.07) is 0. The molecule has 0 aromatic rings. The van der Waals surface area contributed by atoms with E-state index in [1.165, 1.54) is 0 Å². The molecular formula is C11H22O2. The van der Waals surface area contributed by atoms with Crippen molar-refractivity contribution >= 4 is 5.78 Å². The number of carbonyl (C=O) groups excluding carboxylic acids is 1. The largest absolute Gasteiger partial charge is 0.390 e. The Labute approximate surface area is 81.3 Å². The van der Waals surface area contributed by atoms with Gasteiger partial charge in [-0.25, -0.2) is 0 Å². The van der Waals surface area contributed by atoms with E-state index in [1.807, 2.05) is 27.7 Å². The number of Topliss-reactive ketones (excluding diaryl/α,β-unsaturated/α-hetero) is 1. The van der Waals surface area contributed by atoms with Gasteiger partial charge in [-0.15, -0.1) is 0 Å². The summed E-state index contributed by atoms with van der Waals surface area (Å²) in [5, 5.41) is 9.91. The van der Waals surface area contributed by atoms with Crippen LogP contribution >= 0.6 is 0 Å². The van der Waals surface area contributed by atoms with Gasteiger partial charge < -0.3 is 5.11 Å². The third-order valence-corrected chi connectivity index (χ3v) is 2.80. The van der Waals surface area contributed by atoms with E-state index in [9.17, 15) is 9.90 Å². The second-order valence-electron chi connectivity index (χ2n) is 4.05. The zero-order valence-electron chi connectivity index (χ0n) is 9.26. The fraction of sp³-hybridized carbons (Fsp3) is 0.909. The summed E-state index contributed by atoms with van der Waals surface area (Å²) in [7, 11) is 0. The van der Waals surface area contributed by atoms with Crippen LogP contribution in [0, 0.1) is 5.92 Å². The van der Waals surface area contributed by atoms with Crippen molar-refractivity contribution in [3.05, 3.63) is 0 Å². The molecule has 13 heavy (non-hydrogen) atoms. The Morgan fingerprint density at radius 1 is 1.31 bits per heavy atom. The Balaban J connectivity index is 3.92. The first-order valence-electron chi connectivity index (χ1n) is 5.20. The van der Waals surface area contributed by atoms with Crippen molar-refractivity contribution in [3.8, 4) is 0 Å². The molecule has 0 radical (unpaired) electrons. The molecule has 0 spiro atoms. The predicted octanol–water partition coefficient (Wildman–Crippen LogP) is 2.54. The van der Waals surface area contributed by atoms with Crippen LogP contribution in [0.2, 0.25) is 0 Å². The number of hydrogen-bond acceptors (Lipinski definition) is 2. The molecule has 0 aromatic heterocycles. The van der Waals surface area contributed by atoms with Gasteiger partial charge in [-0.2, -0.15) is 0 Å². The quantitative estimate of drug-likeness (QED) is 0.692. The molecule has 0 aliphatic carbocycles. The summed E-state index contributed by atoms with van der Waals surface area (Å²) < 4.78 is 0. The van der Waals surface area contributed by atoms with Crippen molar-refractivity contribution in [2.75, 3.05) is 0 Å². The zero-order valence-corrected chi connectivity index (χ0v) is 9.26. The first-order valence-corrected chi connectivity index (χ1v) is 5.20. The molecule has 0 fully saturated rings. The number of aliphatic hydroxyl groups is 1. The second kappa shape index (κ2) is 5.38. The van der Waals surface area contributed by atoms with Crippen molar-refractivity contribution in [1.29, 1.82) is 0 Å². The van der Waals surface area contributed by atoms with Gasteiger partial charge >= 0.3 is 0 Å². The molecule has 0 bridgehead atoms. The van der Waals surface area contributed by atoms with Crippen LogP contribution in [-0.4, -0.2) is 16.5 Å². The molecule has 0 atom stereocenters. The lowest BCUT2D eigenvalue weighted by Crippen LogP contribution is -2.28. The van der Waals surface area contributed by atoms with Crippen molar-refractivity contribution in [2.24, 2.45) is 5.92 Å². The number of hydrogen-bond donors (Lipinski definition) is 1. The lowest BCUT2D eigenvalue weighted by Gasteiger charge is -2.24. The molecule has 2 heteroatoms. The summed E-state index contributed by atoms with van der Waals surface area (Å²) in [4.78, 5) is 11.3. The minimum absolute atomic E-state index is 0.0953. The van der Waals surface area contributed by atoms with Crippen LogP contribution in [0.15, 0.2) is 0 Å². The van der Waals surface area contributed by atoms with Gasteiger partial charge in [-0.1, -0.05) is 27.7 Å². The van der Waals surface area contributed by atoms with Gasteiger partial charge in [0.15, 0.2) is 0 Å². The summed E-state index contributed by atoms with van der Waals surface area (Å²) in [5.41, 5.74) is -0.620. The van der Waals surface area contributed by atoms with Crippen LogP contribution in [0.3, 0.4) is 0 Å². The number of rotatable bonds is 6. The highest BCUT2D eigenvalue weighted by molar-refractivity contribution is 5.80. The first-order chi connectivity index (χ1) is 5.95. The van der Waals surface area contributed by atoms with E-state index in [0.29, 0.717) is 12.8 Å². The lowest BCUT2D eigenvalue weighted by atomic mass is 9.89. The maximum absolute atomic E-state index is 11.3.